The number of carbonyl (C=O) groups excluding carboxylic acids is 2. The second kappa shape index (κ2) is 15.7. The minimum Gasteiger partial charge on any atom is -0.445 e. The van der Waals surface area contributed by atoms with E-state index in [1.54, 1.807) is 0 Å². The van der Waals surface area contributed by atoms with Crippen LogP contribution in [0.3, 0.4) is 0 Å². The molecule has 2 aromatic carbocycles. The molecule has 0 saturated carbocycles. The highest BCUT2D eigenvalue weighted by atomic mass is 19.2. The van der Waals surface area contributed by atoms with Crippen LogP contribution in [0.5, 0.6) is 5.75 Å². The Bertz CT molecular complexity index is 966. The van der Waals surface area contributed by atoms with Gasteiger partial charge in [-0.3, -0.25) is 4.79 Å². The maximum atomic E-state index is 13.5. The van der Waals surface area contributed by atoms with E-state index in [0.717, 1.165) is 5.56 Å². The van der Waals surface area contributed by atoms with Crippen molar-refractivity contribution in [2.45, 2.75) is 13.0 Å². The van der Waals surface area contributed by atoms with E-state index in [1.165, 1.54) is 0 Å². The van der Waals surface area contributed by atoms with Gasteiger partial charge in [-0.2, -0.15) is 8.78 Å². The zero-order valence-corrected chi connectivity index (χ0v) is 19.0. The molecule has 1 amide bonds. The molecule has 0 aliphatic rings. The van der Waals surface area contributed by atoms with Crippen molar-refractivity contribution in [1.29, 1.82) is 0 Å². The minimum atomic E-state index is -2.35. The smallest absolute Gasteiger partial charge is 0.407 e. The highest BCUT2D eigenvalue weighted by Gasteiger charge is 2.28. The monoisotopic (exact) mass is 521 g/mol. The van der Waals surface area contributed by atoms with Crippen molar-refractivity contribution < 1.29 is 55.2 Å². The fourth-order valence-electron chi connectivity index (χ4n) is 2.54. The van der Waals surface area contributed by atoms with Crippen molar-refractivity contribution in [3.05, 3.63) is 65.0 Å². The van der Waals surface area contributed by atoms with E-state index in [9.17, 15) is 31.5 Å². The molecule has 0 aliphatic carbocycles. The van der Waals surface area contributed by atoms with Crippen LogP contribution in [0.25, 0.3) is 0 Å². The molecular formula is C23H24F5NO7. The van der Waals surface area contributed by atoms with E-state index in [-0.39, 0.29) is 52.8 Å². The summed E-state index contributed by atoms with van der Waals surface area (Å²) in [4.78, 5) is 23.1. The number of carbonyl (C=O) groups is 2. The maximum Gasteiger partial charge on any atom is 0.407 e. The number of amides is 1. The molecular weight excluding hydrogens is 497 g/mol. The third kappa shape index (κ3) is 9.76. The Morgan fingerprint density at radius 3 is 1.83 bits per heavy atom. The Balaban J connectivity index is 1.44. The second-order valence-electron chi connectivity index (χ2n) is 6.95. The summed E-state index contributed by atoms with van der Waals surface area (Å²) in [7, 11) is 0. The van der Waals surface area contributed by atoms with E-state index < -0.39 is 53.3 Å². The molecule has 13 heteroatoms. The van der Waals surface area contributed by atoms with Crippen LogP contribution in [0.4, 0.5) is 26.7 Å². The van der Waals surface area contributed by atoms with Gasteiger partial charge in [0, 0.05) is 6.54 Å². The molecule has 0 fully saturated rings. The topological polar surface area (TPSA) is 92.3 Å². The first-order chi connectivity index (χ1) is 17.3. The van der Waals surface area contributed by atoms with Gasteiger partial charge in [0.05, 0.1) is 46.1 Å². The Hall–Kier alpha value is -3.29. The van der Waals surface area contributed by atoms with E-state index >= 15 is 0 Å². The van der Waals surface area contributed by atoms with Gasteiger partial charge < -0.3 is 29.0 Å². The minimum absolute atomic E-state index is 0.0601. The first kappa shape index (κ1) is 28.9. The molecule has 0 heterocycles. The molecule has 0 bridgehead atoms. The van der Waals surface area contributed by atoms with Gasteiger partial charge in [-0.25, -0.2) is 18.0 Å². The summed E-state index contributed by atoms with van der Waals surface area (Å²) in [5.74, 6) is -14.2. The molecule has 0 unspecified atom stereocenters. The summed E-state index contributed by atoms with van der Waals surface area (Å²) < 4.78 is 90.9. The summed E-state index contributed by atoms with van der Waals surface area (Å²) in [6, 6.07) is 9.21. The average Bonchev–Trinajstić information content (AvgIpc) is 2.88. The number of rotatable bonds is 15. The van der Waals surface area contributed by atoms with Crippen molar-refractivity contribution >= 4 is 12.1 Å². The van der Waals surface area contributed by atoms with Crippen LogP contribution >= 0.6 is 0 Å². The predicted molar refractivity (Wildman–Crippen MR) is 114 cm³/mol. The van der Waals surface area contributed by atoms with Gasteiger partial charge in [0.1, 0.15) is 6.61 Å². The van der Waals surface area contributed by atoms with Gasteiger partial charge in [0.15, 0.2) is 0 Å². The standard InChI is InChI=1S/C23H24F5NO7/c24-17-18(25)20(27)22(21(28)19(17)26)36-16(30)6-8-32-10-12-34-13-11-33-9-7-29-23(31)35-14-15-4-2-1-3-5-15/h1-5H,6-14H2,(H,29,31). The average molecular weight is 521 g/mol. The number of hydrogen-bond donors (Lipinski definition) is 1. The Morgan fingerprint density at radius 1 is 0.694 bits per heavy atom. The van der Waals surface area contributed by atoms with Gasteiger partial charge in [0.2, 0.25) is 34.8 Å². The van der Waals surface area contributed by atoms with Crippen molar-refractivity contribution in [2.24, 2.45) is 0 Å². The van der Waals surface area contributed by atoms with E-state index in [4.69, 9.17) is 18.9 Å². The molecule has 8 nitrogen and oxygen atoms in total. The van der Waals surface area contributed by atoms with Crippen LogP contribution in [0, 0.1) is 29.1 Å². The summed E-state index contributed by atoms with van der Waals surface area (Å²) in [6.07, 6.45) is -1.06. The Morgan fingerprint density at radius 2 is 1.22 bits per heavy atom. The van der Waals surface area contributed by atoms with E-state index in [1.807, 2.05) is 30.3 Å². The molecule has 0 aromatic heterocycles. The first-order valence-corrected chi connectivity index (χ1v) is 10.7. The molecule has 0 atom stereocenters. The van der Waals surface area contributed by atoms with Crippen LogP contribution < -0.4 is 10.1 Å². The van der Waals surface area contributed by atoms with Crippen LogP contribution in [-0.4, -0.2) is 58.2 Å². The lowest BCUT2D eigenvalue weighted by molar-refractivity contribution is -0.136. The molecule has 1 N–H and O–H groups in total. The number of nitrogens with one attached hydrogen (secondary N) is 1. The van der Waals surface area contributed by atoms with Gasteiger partial charge in [-0.15, -0.1) is 0 Å². The van der Waals surface area contributed by atoms with E-state index in [2.05, 4.69) is 10.1 Å². The molecule has 0 saturated heterocycles. The maximum absolute atomic E-state index is 13.5. The van der Waals surface area contributed by atoms with Crippen molar-refractivity contribution in [3.63, 3.8) is 0 Å². The largest absolute Gasteiger partial charge is 0.445 e. The highest BCUT2D eigenvalue weighted by molar-refractivity contribution is 5.72. The molecule has 0 aliphatic heterocycles. The number of alkyl carbamates (subject to hydrolysis) is 1. The fraction of sp³-hybridized carbons (Fsp3) is 0.391. The summed E-state index contributed by atoms with van der Waals surface area (Å²) in [5.41, 5.74) is 0.870. The first-order valence-electron chi connectivity index (χ1n) is 10.7. The molecule has 2 rings (SSSR count). The Labute approximate surface area is 203 Å². The zero-order chi connectivity index (χ0) is 26.3. The number of esters is 1. The molecule has 36 heavy (non-hydrogen) atoms. The normalized spacial score (nSPS) is 10.8. The lowest BCUT2D eigenvalue weighted by Crippen LogP contribution is -2.28. The van der Waals surface area contributed by atoms with Gasteiger partial charge in [0.25, 0.3) is 0 Å². The zero-order valence-electron chi connectivity index (χ0n) is 19.0. The van der Waals surface area contributed by atoms with E-state index in [0.29, 0.717) is 0 Å². The second-order valence-corrected chi connectivity index (χ2v) is 6.95. The molecule has 0 spiro atoms. The Kier molecular flexibility index (Phi) is 12.6. The number of hydrogen-bond acceptors (Lipinski definition) is 7. The van der Waals surface area contributed by atoms with Crippen LogP contribution in [0.2, 0.25) is 0 Å². The predicted octanol–water partition coefficient (Wildman–Crippen LogP) is 3.65. The lowest BCUT2D eigenvalue weighted by atomic mass is 10.2. The summed E-state index contributed by atoms with van der Waals surface area (Å²) >= 11 is 0. The van der Waals surface area contributed by atoms with Crippen molar-refractivity contribution in [3.8, 4) is 5.75 Å². The number of ether oxygens (including phenoxy) is 5. The fourth-order valence-corrected chi connectivity index (χ4v) is 2.54. The molecule has 2 aromatic rings. The quantitative estimate of drug-likeness (QED) is 0.0956. The number of halogens is 5. The van der Waals surface area contributed by atoms with Gasteiger partial charge in [-0.05, 0) is 5.56 Å². The third-order valence-corrected chi connectivity index (χ3v) is 4.31. The van der Waals surface area contributed by atoms with Crippen LogP contribution in [0.1, 0.15) is 12.0 Å². The van der Waals surface area contributed by atoms with Crippen molar-refractivity contribution in [2.75, 3.05) is 46.2 Å². The summed E-state index contributed by atoms with van der Waals surface area (Å²) in [6.45, 7) is 1.09. The third-order valence-electron chi connectivity index (χ3n) is 4.31. The molecule has 198 valence electrons. The van der Waals surface area contributed by atoms with Crippen molar-refractivity contribution in [1.82, 2.24) is 5.32 Å². The lowest BCUT2D eigenvalue weighted by Gasteiger charge is -2.09. The number of benzene rings is 2. The highest BCUT2D eigenvalue weighted by Crippen LogP contribution is 2.29. The van der Waals surface area contributed by atoms with Gasteiger partial charge in [-0.1, -0.05) is 30.3 Å². The van der Waals surface area contributed by atoms with Crippen LogP contribution in [0.15, 0.2) is 30.3 Å². The van der Waals surface area contributed by atoms with Gasteiger partial charge >= 0.3 is 12.1 Å². The SMILES string of the molecule is O=C(CCOCCOCCOCCNC(=O)OCc1ccccc1)Oc1c(F)c(F)c(F)c(F)c1F. The summed E-state index contributed by atoms with van der Waals surface area (Å²) in [5, 5.41) is 2.54. The van der Waals surface area contributed by atoms with Crippen LogP contribution in [-0.2, 0) is 30.3 Å². The molecule has 0 radical (unpaired) electrons.